The van der Waals surface area contributed by atoms with Gasteiger partial charge < -0.3 is 0 Å². The van der Waals surface area contributed by atoms with Gasteiger partial charge in [0.05, 0.1) is 0 Å². The molecule has 0 unspecified atom stereocenters. The average Bonchev–Trinajstić information content (AvgIpc) is 2.25. The maximum absolute atomic E-state index is 12.7. The molecular formula is C11H7FINS. The Morgan fingerprint density at radius 1 is 1.07 bits per heavy atom. The Kier molecular flexibility index (Phi) is 3.58. The fraction of sp³-hybridized carbons (Fsp3) is 0. The Labute approximate surface area is 105 Å². The summed E-state index contributed by atoms with van der Waals surface area (Å²) < 4.78 is 13.8. The van der Waals surface area contributed by atoms with Crippen LogP contribution in [0, 0.1) is 9.39 Å². The highest BCUT2D eigenvalue weighted by atomic mass is 127. The Morgan fingerprint density at radius 3 is 2.40 bits per heavy atom. The molecule has 0 aliphatic carbocycles. The summed E-state index contributed by atoms with van der Waals surface area (Å²) in [7, 11) is 0. The van der Waals surface area contributed by atoms with Gasteiger partial charge >= 0.3 is 0 Å². The van der Waals surface area contributed by atoms with Crippen molar-refractivity contribution in [1.29, 1.82) is 0 Å². The molecule has 0 spiro atoms. The zero-order valence-electron chi connectivity index (χ0n) is 7.65. The average molecular weight is 331 g/mol. The van der Waals surface area contributed by atoms with Crippen LogP contribution in [0.2, 0.25) is 0 Å². The monoisotopic (exact) mass is 331 g/mol. The van der Waals surface area contributed by atoms with Gasteiger partial charge in [0.15, 0.2) is 0 Å². The summed E-state index contributed by atoms with van der Waals surface area (Å²) >= 11 is 3.73. The minimum atomic E-state index is -0.213. The van der Waals surface area contributed by atoms with Crippen molar-refractivity contribution in [2.24, 2.45) is 0 Å². The summed E-state index contributed by atoms with van der Waals surface area (Å²) in [5.74, 6) is -0.213. The fourth-order valence-electron chi connectivity index (χ4n) is 1.05. The predicted octanol–water partition coefficient (Wildman–Crippen LogP) is 3.98. The summed E-state index contributed by atoms with van der Waals surface area (Å²) in [6.07, 6.45) is 1.81. The summed E-state index contributed by atoms with van der Waals surface area (Å²) in [5.41, 5.74) is 0. The second-order valence-corrected chi connectivity index (χ2v) is 5.21. The number of pyridine rings is 1. The number of hydrogen-bond acceptors (Lipinski definition) is 2. The predicted molar refractivity (Wildman–Crippen MR) is 67.5 cm³/mol. The lowest BCUT2D eigenvalue weighted by Crippen LogP contribution is -1.80. The van der Waals surface area contributed by atoms with Gasteiger partial charge in [0.25, 0.3) is 0 Å². The molecule has 0 amide bonds. The van der Waals surface area contributed by atoms with E-state index in [0.29, 0.717) is 0 Å². The molecule has 1 aromatic heterocycles. The summed E-state index contributed by atoms with van der Waals surface area (Å²) in [5, 5.41) is 0.919. The highest BCUT2D eigenvalue weighted by Gasteiger charge is 1.98. The number of aromatic nitrogens is 1. The lowest BCUT2D eigenvalue weighted by molar-refractivity contribution is 0.626. The van der Waals surface area contributed by atoms with Crippen molar-refractivity contribution in [3.8, 4) is 0 Å². The van der Waals surface area contributed by atoms with E-state index in [1.54, 1.807) is 12.1 Å². The lowest BCUT2D eigenvalue weighted by Gasteiger charge is -2.00. The Morgan fingerprint density at radius 2 is 1.80 bits per heavy atom. The van der Waals surface area contributed by atoms with Crippen molar-refractivity contribution < 1.29 is 4.39 Å². The molecule has 0 atom stereocenters. The molecule has 0 saturated heterocycles. The van der Waals surface area contributed by atoms with Gasteiger partial charge in [-0.1, -0.05) is 11.8 Å². The minimum absolute atomic E-state index is 0.213. The summed E-state index contributed by atoms with van der Waals surface area (Å²) in [6, 6.07) is 10.4. The molecule has 1 heterocycles. The van der Waals surface area contributed by atoms with Crippen LogP contribution in [0.4, 0.5) is 4.39 Å². The van der Waals surface area contributed by atoms with Crippen LogP contribution in [0.3, 0.4) is 0 Å². The van der Waals surface area contributed by atoms with Crippen LogP contribution in [-0.2, 0) is 0 Å². The molecule has 2 aromatic rings. The van der Waals surface area contributed by atoms with Crippen molar-refractivity contribution in [2.45, 2.75) is 9.92 Å². The van der Waals surface area contributed by atoms with Gasteiger partial charge in [-0.25, -0.2) is 9.37 Å². The smallest absolute Gasteiger partial charge is 0.123 e. The molecule has 1 aromatic carbocycles. The van der Waals surface area contributed by atoms with Gasteiger partial charge in [0.2, 0.25) is 0 Å². The van der Waals surface area contributed by atoms with Crippen LogP contribution in [-0.4, -0.2) is 4.98 Å². The third kappa shape index (κ3) is 3.17. The molecular weight excluding hydrogens is 324 g/mol. The zero-order valence-corrected chi connectivity index (χ0v) is 10.6. The van der Waals surface area contributed by atoms with Crippen LogP contribution in [0.5, 0.6) is 0 Å². The first-order chi connectivity index (χ1) is 7.24. The maximum atomic E-state index is 12.7. The van der Waals surface area contributed by atoms with Crippen molar-refractivity contribution in [3.05, 3.63) is 52.0 Å². The van der Waals surface area contributed by atoms with Crippen molar-refractivity contribution >= 4 is 34.4 Å². The van der Waals surface area contributed by atoms with Gasteiger partial charge in [0, 0.05) is 14.7 Å². The quantitative estimate of drug-likeness (QED) is 0.772. The van der Waals surface area contributed by atoms with Crippen LogP contribution in [0.15, 0.2) is 52.5 Å². The summed E-state index contributed by atoms with van der Waals surface area (Å²) in [4.78, 5) is 5.25. The molecule has 0 aliphatic rings. The van der Waals surface area contributed by atoms with Crippen LogP contribution >= 0.6 is 34.4 Å². The molecule has 1 nitrogen and oxygen atoms in total. The molecule has 0 N–H and O–H groups in total. The standard InChI is InChI=1S/C11H7FINS/c12-8-1-4-10(5-2-8)15-11-6-3-9(13)7-14-11/h1-7H. The van der Waals surface area contributed by atoms with E-state index in [0.717, 1.165) is 13.5 Å². The minimum Gasteiger partial charge on any atom is -0.248 e. The molecule has 76 valence electrons. The first-order valence-corrected chi connectivity index (χ1v) is 6.18. The Balaban J connectivity index is 2.15. The van der Waals surface area contributed by atoms with Crippen LogP contribution in [0.1, 0.15) is 0 Å². The van der Waals surface area contributed by atoms with Crippen molar-refractivity contribution in [2.75, 3.05) is 0 Å². The van der Waals surface area contributed by atoms with E-state index < -0.39 is 0 Å². The number of nitrogens with zero attached hydrogens (tertiary/aromatic N) is 1. The Hall–Kier alpha value is -0.620. The number of rotatable bonds is 2. The first-order valence-electron chi connectivity index (χ1n) is 4.29. The molecule has 4 heteroatoms. The summed E-state index contributed by atoms with van der Waals surface area (Å²) in [6.45, 7) is 0. The third-order valence-corrected chi connectivity index (χ3v) is 3.33. The topological polar surface area (TPSA) is 12.9 Å². The number of hydrogen-bond donors (Lipinski definition) is 0. The second-order valence-electron chi connectivity index (χ2n) is 2.87. The van der Waals surface area contributed by atoms with E-state index in [2.05, 4.69) is 27.6 Å². The first kappa shape index (κ1) is 10.9. The second kappa shape index (κ2) is 4.94. The maximum Gasteiger partial charge on any atom is 0.123 e. The van der Waals surface area contributed by atoms with Crippen LogP contribution in [0.25, 0.3) is 0 Å². The largest absolute Gasteiger partial charge is 0.248 e. The van der Waals surface area contributed by atoms with E-state index in [-0.39, 0.29) is 5.82 Å². The molecule has 0 radical (unpaired) electrons. The van der Waals surface area contributed by atoms with Crippen molar-refractivity contribution in [1.82, 2.24) is 4.98 Å². The molecule has 0 aliphatic heterocycles. The molecule has 15 heavy (non-hydrogen) atoms. The van der Waals surface area contributed by atoms with Gasteiger partial charge in [-0.3, -0.25) is 0 Å². The van der Waals surface area contributed by atoms with E-state index >= 15 is 0 Å². The zero-order chi connectivity index (χ0) is 10.7. The highest BCUT2D eigenvalue weighted by Crippen LogP contribution is 2.25. The van der Waals surface area contributed by atoms with Crippen molar-refractivity contribution in [3.63, 3.8) is 0 Å². The highest BCUT2D eigenvalue weighted by molar-refractivity contribution is 14.1. The van der Waals surface area contributed by atoms with E-state index in [4.69, 9.17) is 0 Å². The van der Waals surface area contributed by atoms with Crippen LogP contribution < -0.4 is 0 Å². The normalized spacial score (nSPS) is 10.3. The van der Waals surface area contributed by atoms with Gasteiger partial charge in [-0.15, -0.1) is 0 Å². The third-order valence-electron chi connectivity index (χ3n) is 1.74. The van der Waals surface area contributed by atoms with E-state index in [1.807, 2.05) is 18.3 Å². The fourth-order valence-corrected chi connectivity index (χ4v) is 2.12. The lowest BCUT2D eigenvalue weighted by atomic mass is 10.4. The van der Waals surface area contributed by atoms with E-state index in [9.17, 15) is 4.39 Å². The van der Waals surface area contributed by atoms with Gasteiger partial charge in [-0.2, -0.15) is 0 Å². The molecule has 0 fully saturated rings. The molecule has 0 bridgehead atoms. The van der Waals surface area contributed by atoms with E-state index in [1.165, 1.54) is 23.9 Å². The SMILES string of the molecule is Fc1ccc(Sc2ccc(I)cn2)cc1. The molecule has 2 rings (SSSR count). The van der Waals surface area contributed by atoms with Gasteiger partial charge in [0.1, 0.15) is 10.8 Å². The molecule has 0 saturated carbocycles. The van der Waals surface area contributed by atoms with Gasteiger partial charge in [-0.05, 0) is 59.0 Å². The Bertz CT molecular complexity index is 398. The number of benzene rings is 1. The number of halogens is 2.